The van der Waals surface area contributed by atoms with Crippen molar-refractivity contribution < 1.29 is 32.3 Å². The Hall–Kier alpha value is -3.73. The van der Waals surface area contributed by atoms with E-state index in [0.29, 0.717) is 16.5 Å². The lowest BCUT2D eigenvalue weighted by Crippen LogP contribution is -2.30. The van der Waals surface area contributed by atoms with E-state index in [-0.39, 0.29) is 18.1 Å². The number of benzene rings is 2. The van der Waals surface area contributed by atoms with Crippen LogP contribution < -0.4 is 10.2 Å². The Morgan fingerprint density at radius 2 is 1.73 bits per heavy atom. The summed E-state index contributed by atoms with van der Waals surface area (Å²) in [6, 6.07) is 12.6. The van der Waals surface area contributed by atoms with Crippen molar-refractivity contribution in [1.29, 1.82) is 0 Å². The monoisotopic (exact) mass is 477 g/mol. The molecule has 1 heterocycles. The fraction of sp³-hybridized carbons (Fsp3) is 0.182. The van der Waals surface area contributed by atoms with E-state index in [1.165, 1.54) is 23.2 Å². The van der Waals surface area contributed by atoms with Crippen molar-refractivity contribution in [1.82, 2.24) is 10.3 Å². The van der Waals surface area contributed by atoms with E-state index >= 15 is 0 Å². The molecule has 3 aromatic rings. The minimum absolute atomic E-state index is 0.0230. The Kier molecular flexibility index (Phi) is 7.44. The van der Waals surface area contributed by atoms with Gasteiger partial charge in [-0.05, 0) is 36.4 Å². The Morgan fingerprint density at radius 3 is 2.33 bits per heavy atom. The van der Waals surface area contributed by atoms with Gasteiger partial charge in [0.25, 0.3) is 5.91 Å². The number of hydrogen-bond acceptors (Lipinski definition) is 6. The van der Waals surface area contributed by atoms with Gasteiger partial charge in [-0.25, -0.2) is 4.98 Å². The van der Waals surface area contributed by atoms with Crippen LogP contribution in [0.25, 0.3) is 0 Å². The molecule has 3 rings (SSSR count). The summed E-state index contributed by atoms with van der Waals surface area (Å²) < 4.78 is 42.8. The number of halogens is 3. The maximum absolute atomic E-state index is 12.6. The van der Waals surface area contributed by atoms with E-state index in [0.717, 1.165) is 24.3 Å². The molecule has 11 heteroatoms. The van der Waals surface area contributed by atoms with Crippen molar-refractivity contribution in [3.8, 4) is 0 Å². The highest BCUT2D eigenvalue weighted by molar-refractivity contribution is 7.14. The molecule has 0 aliphatic carbocycles. The summed E-state index contributed by atoms with van der Waals surface area (Å²) in [6.45, 7) is 0.764. The molecule has 2 amide bonds. The van der Waals surface area contributed by atoms with Crippen LogP contribution in [0.4, 0.5) is 24.0 Å². The second-order valence-electron chi connectivity index (χ2n) is 6.73. The number of rotatable bonds is 7. The lowest BCUT2D eigenvalue weighted by Gasteiger charge is -2.17. The number of carbonyl (C=O) groups excluding carboxylic acids is 3. The van der Waals surface area contributed by atoms with E-state index in [1.54, 1.807) is 29.6 Å². The summed E-state index contributed by atoms with van der Waals surface area (Å²) in [6.07, 6.45) is -4.50. The average molecular weight is 477 g/mol. The number of ether oxygens (including phenoxy) is 1. The zero-order valence-corrected chi connectivity index (χ0v) is 18.1. The van der Waals surface area contributed by atoms with Crippen LogP contribution in [0.15, 0.2) is 60.0 Å². The third-order valence-corrected chi connectivity index (χ3v) is 5.18. The van der Waals surface area contributed by atoms with Gasteiger partial charge in [0.15, 0.2) is 5.13 Å². The number of nitrogens with one attached hydrogen (secondary N) is 1. The second-order valence-corrected chi connectivity index (χ2v) is 7.57. The first-order valence-electron chi connectivity index (χ1n) is 9.56. The number of alkyl halides is 3. The minimum Gasteiger partial charge on any atom is -0.458 e. The molecule has 1 N–H and O–H groups in total. The number of thiazole rings is 1. The molecule has 0 saturated heterocycles. The molecule has 2 aromatic carbocycles. The van der Waals surface area contributed by atoms with Crippen LogP contribution in [0.1, 0.15) is 28.5 Å². The van der Waals surface area contributed by atoms with Crippen LogP contribution >= 0.6 is 11.3 Å². The minimum atomic E-state index is -4.50. The Bertz CT molecular complexity index is 1130. The summed E-state index contributed by atoms with van der Waals surface area (Å²) in [4.78, 5) is 41.8. The van der Waals surface area contributed by atoms with Crippen LogP contribution in [0.3, 0.4) is 0 Å². The normalized spacial score (nSPS) is 11.0. The maximum Gasteiger partial charge on any atom is 0.416 e. The van der Waals surface area contributed by atoms with Crippen LogP contribution in [0.2, 0.25) is 0 Å². The predicted octanol–water partition coefficient (Wildman–Crippen LogP) is 4.32. The standard InChI is InChI=1S/C22H18F3N3O4S/c1-14(29)28(18-5-3-2-4-6-18)21-27-17(13-33-21)12-32-19(30)11-26-20(31)15-7-9-16(10-8-15)22(23,24)25/h2-10,13H,11-12H2,1H3,(H,26,31). The van der Waals surface area contributed by atoms with Crippen LogP contribution in [-0.4, -0.2) is 29.3 Å². The zero-order valence-electron chi connectivity index (χ0n) is 17.3. The van der Waals surface area contributed by atoms with Gasteiger partial charge < -0.3 is 10.1 Å². The fourth-order valence-electron chi connectivity index (χ4n) is 2.74. The first-order valence-corrected chi connectivity index (χ1v) is 10.4. The Labute approximate surface area is 190 Å². The first-order chi connectivity index (χ1) is 15.6. The zero-order chi connectivity index (χ0) is 24.0. The molecule has 33 heavy (non-hydrogen) atoms. The summed E-state index contributed by atoms with van der Waals surface area (Å²) in [5.41, 5.74) is 0.162. The summed E-state index contributed by atoms with van der Waals surface area (Å²) in [5.74, 6) is -1.70. The lowest BCUT2D eigenvalue weighted by molar-refractivity contribution is -0.143. The number of para-hydroxylation sites is 1. The van der Waals surface area contributed by atoms with Gasteiger partial charge in [-0.3, -0.25) is 19.3 Å². The third-order valence-electron chi connectivity index (χ3n) is 4.31. The Morgan fingerprint density at radius 1 is 1.06 bits per heavy atom. The molecule has 1 aromatic heterocycles. The first kappa shape index (κ1) is 23.9. The number of esters is 1. The van der Waals surface area contributed by atoms with E-state index in [9.17, 15) is 27.6 Å². The number of hydrogen-bond donors (Lipinski definition) is 1. The number of aromatic nitrogens is 1. The largest absolute Gasteiger partial charge is 0.458 e. The van der Waals surface area contributed by atoms with Gasteiger partial charge in [-0.1, -0.05) is 18.2 Å². The molecule has 0 aliphatic rings. The molecule has 7 nitrogen and oxygen atoms in total. The summed E-state index contributed by atoms with van der Waals surface area (Å²) in [7, 11) is 0. The van der Waals surface area contributed by atoms with Gasteiger partial charge in [0.2, 0.25) is 5.91 Å². The number of amides is 2. The smallest absolute Gasteiger partial charge is 0.416 e. The Balaban J connectivity index is 1.52. The van der Waals surface area contributed by atoms with Crippen molar-refractivity contribution in [2.75, 3.05) is 11.4 Å². The maximum atomic E-state index is 12.6. The molecule has 0 spiro atoms. The molecule has 0 fully saturated rings. The van der Waals surface area contributed by atoms with Crippen molar-refractivity contribution in [2.45, 2.75) is 19.7 Å². The van der Waals surface area contributed by atoms with Gasteiger partial charge in [0.05, 0.1) is 16.9 Å². The lowest BCUT2D eigenvalue weighted by atomic mass is 10.1. The highest BCUT2D eigenvalue weighted by Crippen LogP contribution is 2.30. The third kappa shape index (κ3) is 6.39. The topological polar surface area (TPSA) is 88.6 Å². The fourth-order valence-corrected chi connectivity index (χ4v) is 3.61. The average Bonchev–Trinajstić information content (AvgIpc) is 3.24. The van der Waals surface area contributed by atoms with Crippen molar-refractivity contribution >= 4 is 39.9 Å². The molecule has 0 bridgehead atoms. The molecule has 0 aliphatic heterocycles. The molecule has 0 radical (unpaired) electrons. The van der Waals surface area contributed by atoms with Crippen LogP contribution in [-0.2, 0) is 27.1 Å². The highest BCUT2D eigenvalue weighted by atomic mass is 32.1. The van der Waals surface area contributed by atoms with Crippen molar-refractivity contribution in [2.24, 2.45) is 0 Å². The van der Waals surface area contributed by atoms with E-state index in [4.69, 9.17) is 4.74 Å². The van der Waals surface area contributed by atoms with Gasteiger partial charge in [-0.15, -0.1) is 11.3 Å². The van der Waals surface area contributed by atoms with Crippen LogP contribution in [0, 0.1) is 0 Å². The summed E-state index contributed by atoms with van der Waals surface area (Å²) in [5, 5.41) is 4.34. The number of nitrogens with zero attached hydrogens (tertiary/aromatic N) is 2. The molecule has 0 atom stereocenters. The molecule has 0 unspecified atom stereocenters. The molecular formula is C22H18F3N3O4S. The predicted molar refractivity (Wildman–Crippen MR) is 115 cm³/mol. The van der Waals surface area contributed by atoms with E-state index < -0.39 is 30.2 Å². The highest BCUT2D eigenvalue weighted by Gasteiger charge is 2.30. The summed E-state index contributed by atoms with van der Waals surface area (Å²) >= 11 is 1.20. The van der Waals surface area contributed by atoms with Gasteiger partial charge >= 0.3 is 12.1 Å². The molecule has 172 valence electrons. The molecule has 0 saturated carbocycles. The SMILES string of the molecule is CC(=O)N(c1ccccc1)c1nc(COC(=O)CNC(=O)c2ccc(C(F)(F)F)cc2)cs1. The number of carbonyl (C=O) groups is 3. The van der Waals surface area contributed by atoms with Crippen LogP contribution in [0.5, 0.6) is 0 Å². The number of anilines is 2. The van der Waals surface area contributed by atoms with Gasteiger partial charge in [0.1, 0.15) is 13.2 Å². The molecular weight excluding hydrogens is 459 g/mol. The van der Waals surface area contributed by atoms with E-state index in [2.05, 4.69) is 10.3 Å². The van der Waals surface area contributed by atoms with Crippen molar-refractivity contribution in [3.63, 3.8) is 0 Å². The van der Waals surface area contributed by atoms with Gasteiger partial charge in [0, 0.05) is 17.9 Å². The van der Waals surface area contributed by atoms with Crippen molar-refractivity contribution in [3.05, 3.63) is 76.8 Å². The second kappa shape index (κ2) is 10.3. The van der Waals surface area contributed by atoms with E-state index in [1.807, 2.05) is 6.07 Å². The van der Waals surface area contributed by atoms with Gasteiger partial charge in [-0.2, -0.15) is 13.2 Å². The quantitative estimate of drug-likeness (QED) is 0.512.